The first-order valence-electron chi connectivity index (χ1n) is 14.2. The molecule has 1 heterocycles. The van der Waals surface area contributed by atoms with E-state index in [9.17, 15) is 0 Å². The lowest BCUT2D eigenvalue weighted by molar-refractivity contribution is 1.07. The standard InChI is InChI=1S/C39H29N3/c1-3-8-31-23-35(14-13-26(31)2)38-40-37(41-39(42-38)36-22-18-28-10-5-7-12-33(28)25-36)30-19-15-29(16-20-30)34-21-17-27-9-4-6-11-32(27)24-34/h3-25H,1-2H3/b8-3-. The van der Waals surface area contributed by atoms with Crippen LogP contribution < -0.4 is 0 Å². The third-order valence-electron chi connectivity index (χ3n) is 7.75. The van der Waals surface area contributed by atoms with Crippen molar-refractivity contribution in [3.05, 3.63) is 145 Å². The van der Waals surface area contributed by atoms with Gasteiger partial charge in [0.05, 0.1) is 0 Å². The van der Waals surface area contributed by atoms with Crippen molar-refractivity contribution < 1.29 is 0 Å². The van der Waals surface area contributed by atoms with E-state index >= 15 is 0 Å². The van der Waals surface area contributed by atoms with Crippen LogP contribution in [-0.2, 0) is 0 Å². The minimum absolute atomic E-state index is 0.654. The summed E-state index contributed by atoms with van der Waals surface area (Å²) < 4.78 is 0. The maximum absolute atomic E-state index is 4.99. The van der Waals surface area contributed by atoms with Gasteiger partial charge in [-0.2, -0.15) is 0 Å². The van der Waals surface area contributed by atoms with Crippen molar-refractivity contribution in [1.29, 1.82) is 0 Å². The SMILES string of the molecule is C/C=C\c1cc(-c2nc(-c3ccc(-c4ccc5ccccc5c4)cc3)nc(-c3ccc4ccccc4c3)n2)ccc1C. The third-order valence-corrected chi connectivity index (χ3v) is 7.75. The van der Waals surface area contributed by atoms with Crippen LogP contribution >= 0.6 is 0 Å². The highest BCUT2D eigenvalue weighted by Gasteiger charge is 2.14. The molecule has 0 amide bonds. The first kappa shape index (κ1) is 25.6. The summed E-state index contributed by atoms with van der Waals surface area (Å²) >= 11 is 0. The monoisotopic (exact) mass is 539 g/mol. The molecule has 42 heavy (non-hydrogen) atoms. The zero-order valence-corrected chi connectivity index (χ0v) is 23.6. The van der Waals surface area contributed by atoms with E-state index in [4.69, 9.17) is 15.0 Å². The van der Waals surface area contributed by atoms with Crippen molar-refractivity contribution >= 4 is 27.6 Å². The number of fused-ring (bicyclic) bond motifs is 2. The molecule has 0 fully saturated rings. The second kappa shape index (κ2) is 10.9. The fourth-order valence-electron chi connectivity index (χ4n) is 5.41. The smallest absolute Gasteiger partial charge is 0.164 e. The summed E-state index contributed by atoms with van der Waals surface area (Å²) in [7, 11) is 0. The molecule has 0 saturated heterocycles. The van der Waals surface area contributed by atoms with E-state index in [1.165, 1.54) is 27.3 Å². The Kier molecular flexibility index (Phi) is 6.61. The molecule has 7 rings (SSSR count). The van der Waals surface area contributed by atoms with Crippen molar-refractivity contribution in [3.8, 4) is 45.3 Å². The molecule has 0 aliphatic heterocycles. The summed E-state index contributed by atoms with van der Waals surface area (Å²) in [6, 6.07) is 44.7. The number of hydrogen-bond acceptors (Lipinski definition) is 3. The summed E-state index contributed by atoms with van der Waals surface area (Å²) in [6.07, 6.45) is 4.18. The van der Waals surface area contributed by atoms with Gasteiger partial charge in [-0.15, -0.1) is 0 Å². The van der Waals surface area contributed by atoms with Crippen molar-refractivity contribution in [2.24, 2.45) is 0 Å². The van der Waals surface area contributed by atoms with Crippen LogP contribution in [0.1, 0.15) is 18.1 Å². The van der Waals surface area contributed by atoms with E-state index in [1.54, 1.807) is 0 Å². The van der Waals surface area contributed by atoms with Crippen molar-refractivity contribution in [2.75, 3.05) is 0 Å². The largest absolute Gasteiger partial charge is 0.208 e. The van der Waals surface area contributed by atoms with Crippen LogP contribution in [0.3, 0.4) is 0 Å². The summed E-state index contributed by atoms with van der Waals surface area (Å²) in [5.41, 5.74) is 7.59. The van der Waals surface area contributed by atoms with Crippen molar-refractivity contribution in [3.63, 3.8) is 0 Å². The maximum Gasteiger partial charge on any atom is 0.164 e. The van der Waals surface area contributed by atoms with Crippen LogP contribution in [0.5, 0.6) is 0 Å². The van der Waals surface area contributed by atoms with E-state index in [1.807, 2.05) is 6.92 Å². The summed E-state index contributed by atoms with van der Waals surface area (Å²) in [5.74, 6) is 1.97. The first-order chi connectivity index (χ1) is 20.6. The molecule has 1 aromatic heterocycles. The molecular formula is C39H29N3. The van der Waals surface area contributed by atoms with Crippen molar-refractivity contribution in [1.82, 2.24) is 15.0 Å². The van der Waals surface area contributed by atoms with Gasteiger partial charge in [0, 0.05) is 16.7 Å². The van der Waals surface area contributed by atoms with E-state index in [-0.39, 0.29) is 0 Å². The second-order valence-corrected chi connectivity index (χ2v) is 10.6. The van der Waals surface area contributed by atoms with Crippen LogP contribution in [-0.4, -0.2) is 15.0 Å². The van der Waals surface area contributed by atoms with E-state index in [2.05, 4.69) is 146 Å². The Morgan fingerprint density at radius 3 is 1.50 bits per heavy atom. The van der Waals surface area contributed by atoms with Gasteiger partial charge in [0.1, 0.15) is 0 Å². The Bertz CT molecular complexity index is 2110. The van der Waals surface area contributed by atoms with Gasteiger partial charge in [0.25, 0.3) is 0 Å². The topological polar surface area (TPSA) is 38.7 Å². The molecular weight excluding hydrogens is 510 g/mol. The highest BCUT2D eigenvalue weighted by molar-refractivity contribution is 5.88. The summed E-state index contributed by atoms with van der Waals surface area (Å²) in [4.78, 5) is 15.0. The van der Waals surface area contributed by atoms with Gasteiger partial charge < -0.3 is 0 Å². The van der Waals surface area contributed by atoms with Gasteiger partial charge in [0.2, 0.25) is 0 Å². The normalized spacial score (nSPS) is 11.5. The zero-order chi connectivity index (χ0) is 28.5. The molecule has 0 aliphatic carbocycles. The number of rotatable bonds is 5. The molecule has 7 aromatic rings. The molecule has 0 N–H and O–H groups in total. The zero-order valence-electron chi connectivity index (χ0n) is 23.6. The molecule has 3 nitrogen and oxygen atoms in total. The lowest BCUT2D eigenvalue weighted by Gasteiger charge is -2.11. The average Bonchev–Trinajstić information content (AvgIpc) is 3.05. The molecule has 0 atom stereocenters. The Labute approximate surface area is 245 Å². The molecule has 6 aromatic carbocycles. The Morgan fingerprint density at radius 2 is 0.881 bits per heavy atom. The number of nitrogens with zero attached hydrogens (tertiary/aromatic N) is 3. The number of aryl methyl sites for hydroxylation is 1. The van der Waals surface area contributed by atoms with E-state index < -0.39 is 0 Å². The highest BCUT2D eigenvalue weighted by atomic mass is 15.0. The van der Waals surface area contributed by atoms with E-state index in [0.717, 1.165) is 33.2 Å². The number of allylic oxidation sites excluding steroid dienone is 1. The van der Waals surface area contributed by atoms with Gasteiger partial charge in [-0.05, 0) is 75.8 Å². The predicted octanol–water partition coefficient (Wildman–Crippen LogP) is 10.2. The summed E-state index contributed by atoms with van der Waals surface area (Å²) in [6.45, 7) is 4.15. The van der Waals surface area contributed by atoms with Gasteiger partial charge >= 0.3 is 0 Å². The minimum atomic E-state index is 0.654. The van der Waals surface area contributed by atoms with Gasteiger partial charge in [-0.3, -0.25) is 0 Å². The van der Waals surface area contributed by atoms with Crippen molar-refractivity contribution in [2.45, 2.75) is 13.8 Å². The van der Waals surface area contributed by atoms with Crippen LogP contribution in [0.2, 0.25) is 0 Å². The van der Waals surface area contributed by atoms with E-state index in [0.29, 0.717) is 17.5 Å². The fraction of sp³-hybridized carbons (Fsp3) is 0.0513. The number of aromatic nitrogens is 3. The average molecular weight is 540 g/mol. The number of benzene rings is 6. The Hall–Kier alpha value is -5.41. The lowest BCUT2D eigenvalue weighted by Crippen LogP contribution is -2.00. The van der Waals surface area contributed by atoms with Crippen LogP contribution in [0, 0.1) is 6.92 Å². The van der Waals surface area contributed by atoms with Gasteiger partial charge in [-0.25, -0.2) is 15.0 Å². The lowest BCUT2D eigenvalue weighted by atomic mass is 10.00. The number of hydrogen-bond donors (Lipinski definition) is 0. The van der Waals surface area contributed by atoms with Crippen LogP contribution in [0.15, 0.2) is 133 Å². The predicted molar refractivity (Wildman–Crippen MR) is 176 cm³/mol. The minimum Gasteiger partial charge on any atom is -0.208 e. The third kappa shape index (κ3) is 4.97. The summed E-state index contributed by atoms with van der Waals surface area (Å²) in [5, 5.41) is 4.82. The van der Waals surface area contributed by atoms with Gasteiger partial charge in [-0.1, -0.05) is 121 Å². The first-order valence-corrected chi connectivity index (χ1v) is 14.2. The molecule has 0 saturated carbocycles. The fourth-order valence-corrected chi connectivity index (χ4v) is 5.41. The molecule has 0 radical (unpaired) electrons. The van der Waals surface area contributed by atoms with Gasteiger partial charge in [0.15, 0.2) is 17.5 Å². The molecule has 0 unspecified atom stereocenters. The van der Waals surface area contributed by atoms with Crippen LogP contribution in [0.25, 0.3) is 72.9 Å². The Morgan fingerprint density at radius 1 is 0.429 bits per heavy atom. The molecule has 0 bridgehead atoms. The molecule has 0 spiro atoms. The second-order valence-electron chi connectivity index (χ2n) is 10.6. The highest BCUT2D eigenvalue weighted by Crippen LogP contribution is 2.30. The van der Waals surface area contributed by atoms with Crippen LogP contribution in [0.4, 0.5) is 0 Å². The maximum atomic E-state index is 4.99. The molecule has 3 heteroatoms. The molecule has 200 valence electrons. The quantitative estimate of drug-likeness (QED) is 0.218. The molecule has 0 aliphatic rings. The Balaban J connectivity index is 1.34.